The van der Waals surface area contributed by atoms with Crippen LogP contribution in [0.4, 0.5) is 0 Å². The van der Waals surface area contributed by atoms with Crippen molar-refractivity contribution in [2.45, 2.75) is 174 Å². The van der Waals surface area contributed by atoms with Crippen LogP contribution in [-0.2, 0) is 28.6 Å². The zero-order chi connectivity index (χ0) is 41.4. The number of nitrogens with zero attached hydrogens (tertiary/aromatic N) is 1. The average Bonchev–Trinajstić information content (AvgIpc) is 3.15. The zero-order valence-electron chi connectivity index (χ0n) is 36.3. The second-order valence-electron chi connectivity index (χ2n) is 15.6. The Morgan fingerprint density at radius 3 is 1.45 bits per heavy atom. The average molecular weight is 784 g/mol. The number of likely N-dealkylation sites (N-methyl/N-ethyl adjacent to an activating group) is 1. The van der Waals surface area contributed by atoms with E-state index in [2.05, 4.69) is 74.6 Å². The maximum absolute atomic E-state index is 12.7. The normalized spacial score (nSPS) is 13.7. The van der Waals surface area contributed by atoms with Crippen LogP contribution in [0.3, 0.4) is 0 Å². The van der Waals surface area contributed by atoms with Crippen LogP contribution in [0.2, 0.25) is 0 Å². The van der Waals surface area contributed by atoms with Gasteiger partial charge in [-0.1, -0.05) is 164 Å². The second-order valence-corrected chi connectivity index (χ2v) is 15.6. The molecule has 2 unspecified atom stereocenters. The molecular weight excluding hydrogens is 703 g/mol. The van der Waals surface area contributed by atoms with Gasteiger partial charge in [0, 0.05) is 19.3 Å². The molecular formula is C48H81NO7. The molecule has 0 rings (SSSR count). The first-order chi connectivity index (χ1) is 27.1. The zero-order valence-corrected chi connectivity index (χ0v) is 36.3. The van der Waals surface area contributed by atoms with Crippen molar-refractivity contribution in [2.24, 2.45) is 0 Å². The van der Waals surface area contributed by atoms with Gasteiger partial charge in [-0.15, -0.1) is 0 Å². The number of unbranched alkanes of at least 4 members (excludes halogenated alkanes) is 12. The summed E-state index contributed by atoms with van der Waals surface area (Å²) in [5.74, 6) is -1.85. The van der Waals surface area contributed by atoms with Crippen LogP contribution in [0.25, 0.3) is 0 Å². The Labute approximate surface area is 342 Å². The molecule has 0 aromatic heterocycles. The van der Waals surface area contributed by atoms with E-state index in [-0.39, 0.29) is 43.1 Å². The van der Waals surface area contributed by atoms with Gasteiger partial charge in [-0.2, -0.15) is 0 Å². The lowest BCUT2D eigenvalue weighted by Gasteiger charge is -2.34. The lowest BCUT2D eigenvalue weighted by molar-refractivity contribution is -0.889. The number of hydrogen-bond donors (Lipinski definition) is 0. The number of rotatable bonds is 38. The monoisotopic (exact) mass is 784 g/mol. The van der Waals surface area contributed by atoms with Crippen molar-refractivity contribution < 1.29 is 38.2 Å². The number of carbonyl (C=O) groups is 3. The molecule has 0 radical (unpaired) electrons. The van der Waals surface area contributed by atoms with Gasteiger partial charge in [0.1, 0.15) is 12.6 Å². The summed E-state index contributed by atoms with van der Waals surface area (Å²) in [6, 6.07) is -0.740. The van der Waals surface area contributed by atoms with Crippen molar-refractivity contribution in [1.29, 1.82) is 0 Å². The molecule has 0 amide bonds. The predicted molar refractivity (Wildman–Crippen MR) is 231 cm³/mol. The first-order valence-corrected chi connectivity index (χ1v) is 22.0. The molecule has 0 aliphatic rings. The van der Waals surface area contributed by atoms with Crippen molar-refractivity contribution in [3.63, 3.8) is 0 Å². The van der Waals surface area contributed by atoms with Gasteiger partial charge >= 0.3 is 11.9 Å². The summed E-state index contributed by atoms with van der Waals surface area (Å²) >= 11 is 0. The smallest absolute Gasteiger partial charge is 0.306 e. The molecule has 0 aromatic carbocycles. The minimum Gasteiger partial charge on any atom is -0.544 e. The number of allylic oxidation sites excluding steroid dienone is 12. The van der Waals surface area contributed by atoms with Crippen molar-refractivity contribution in [2.75, 3.05) is 41.0 Å². The Bertz CT molecular complexity index is 1140. The molecule has 0 saturated carbocycles. The number of quaternary nitrogens is 1. The van der Waals surface area contributed by atoms with Crippen LogP contribution in [0, 0.1) is 0 Å². The van der Waals surface area contributed by atoms with Gasteiger partial charge < -0.3 is 28.6 Å². The number of ether oxygens (including phenoxy) is 3. The highest BCUT2D eigenvalue weighted by atomic mass is 16.6. The summed E-state index contributed by atoms with van der Waals surface area (Å²) in [6.45, 7) is 4.45. The largest absolute Gasteiger partial charge is 0.544 e. The van der Waals surface area contributed by atoms with E-state index >= 15 is 0 Å². The highest BCUT2D eigenvalue weighted by Crippen LogP contribution is 2.14. The van der Waals surface area contributed by atoms with Gasteiger partial charge in [-0.05, 0) is 51.4 Å². The molecule has 0 heterocycles. The Morgan fingerprint density at radius 2 is 1.00 bits per heavy atom. The van der Waals surface area contributed by atoms with Gasteiger partial charge in [0.25, 0.3) is 0 Å². The molecule has 0 spiro atoms. The topological polar surface area (TPSA) is 102 Å². The van der Waals surface area contributed by atoms with Gasteiger partial charge in [-0.3, -0.25) is 9.59 Å². The number of carboxylic acids is 1. The third-order valence-electron chi connectivity index (χ3n) is 9.37. The summed E-state index contributed by atoms with van der Waals surface area (Å²) in [5, 5.41) is 11.6. The number of carboxylic acid groups (broad SMARTS) is 1. The fourth-order valence-electron chi connectivity index (χ4n) is 5.98. The van der Waals surface area contributed by atoms with Crippen molar-refractivity contribution in [3.8, 4) is 0 Å². The highest BCUT2D eigenvalue weighted by Gasteiger charge is 2.25. The molecule has 0 aromatic rings. The van der Waals surface area contributed by atoms with E-state index in [0.717, 1.165) is 57.8 Å². The molecule has 320 valence electrons. The Hall–Kier alpha value is -3.23. The van der Waals surface area contributed by atoms with E-state index in [1.165, 1.54) is 64.2 Å². The van der Waals surface area contributed by atoms with Gasteiger partial charge in [0.15, 0.2) is 6.10 Å². The van der Waals surface area contributed by atoms with Crippen LogP contribution in [0.15, 0.2) is 72.9 Å². The summed E-state index contributed by atoms with van der Waals surface area (Å²) < 4.78 is 17.1. The Kier molecular flexibility index (Phi) is 36.4. The molecule has 8 nitrogen and oxygen atoms in total. The fourth-order valence-corrected chi connectivity index (χ4v) is 5.98. The second kappa shape index (κ2) is 38.6. The molecule has 0 aliphatic carbocycles. The van der Waals surface area contributed by atoms with Crippen molar-refractivity contribution in [3.05, 3.63) is 72.9 Å². The minimum atomic E-state index is -1.14. The standard InChI is InChI=1S/C48H81NO7/c1-6-8-10-12-14-16-18-20-21-22-23-24-25-27-29-31-33-35-37-39-47(51)56-44(42-54-41-40-45(48(52)53)49(3,4)5)43-55-46(50)38-36-34-32-30-28-26-19-17-15-13-11-9-7-2/h8,10,14,16,20-21,23-24,27,29,33,35,44-45H,6-7,9,11-13,15,17-19,22,25-26,28,30-32,34,36-43H2,1-5H3/b10-8-,16-14-,21-20-,24-23-,29-27-,35-33-. The SMILES string of the molecule is CC/C=C\C/C=C\C/C=C\C/C=C\C/C=C\C/C=C\CCC(=O)OC(COCCC(C(=O)[O-])[N+](C)(C)C)COC(=O)CCCCCCCCCCCCCCC. The van der Waals surface area contributed by atoms with Crippen LogP contribution < -0.4 is 5.11 Å². The molecule has 8 heteroatoms. The molecule has 56 heavy (non-hydrogen) atoms. The molecule has 0 fully saturated rings. The maximum Gasteiger partial charge on any atom is 0.306 e. The first-order valence-electron chi connectivity index (χ1n) is 22.0. The quantitative estimate of drug-likeness (QED) is 0.0266. The third-order valence-corrected chi connectivity index (χ3v) is 9.37. The predicted octanol–water partition coefficient (Wildman–Crippen LogP) is 10.6. The van der Waals surface area contributed by atoms with Crippen molar-refractivity contribution >= 4 is 17.9 Å². The lowest BCUT2D eigenvalue weighted by atomic mass is 10.0. The minimum absolute atomic E-state index is 0.00851. The van der Waals surface area contributed by atoms with E-state index in [1.54, 1.807) is 21.1 Å². The van der Waals surface area contributed by atoms with E-state index in [1.807, 2.05) is 12.2 Å². The highest BCUT2D eigenvalue weighted by molar-refractivity contribution is 5.70. The summed E-state index contributed by atoms with van der Waals surface area (Å²) in [4.78, 5) is 36.8. The summed E-state index contributed by atoms with van der Waals surface area (Å²) in [6.07, 6.45) is 48.0. The first kappa shape index (κ1) is 52.8. The van der Waals surface area contributed by atoms with E-state index in [0.29, 0.717) is 12.8 Å². The van der Waals surface area contributed by atoms with Crippen LogP contribution in [-0.4, -0.2) is 75.5 Å². The number of carbonyl (C=O) groups excluding carboxylic acids is 3. The van der Waals surface area contributed by atoms with E-state index in [9.17, 15) is 19.5 Å². The van der Waals surface area contributed by atoms with Gasteiger partial charge in [0.05, 0.1) is 40.3 Å². The van der Waals surface area contributed by atoms with Crippen LogP contribution in [0.5, 0.6) is 0 Å². The Balaban J connectivity index is 4.49. The molecule has 0 saturated heterocycles. The molecule has 0 aliphatic heterocycles. The van der Waals surface area contributed by atoms with Gasteiger partial charge in [0.2, 0.25) is 0 Å². The number of esters is 2. The Morgan fingerprint density at radius 1 is 0.554 bits per heavy atom. The van der Waals surface area contributed by atoms with Crippen molar-refractivity contribution in [1.82, 2.24) is 0 Å². The maximum atomic E-state index is 12.7. The fraction of sp³-hybridized carbons (Fsp3) is 0.688. The van der Waals surface area contributed by atoms with Gasteiger partial charge in [-0.25, -0.2) is 0 Å². The molecule has 2 atom stereocenters. The summed E-state index contributed by atoms with van der Waals surface area (Å²) in [7, 11) is 5.37. The number of hydrogen-bond acceptors (Lipinski definition) is 7. The van der Waals surface area contributed by atoms with Crippen LogP contribution >= 0.6 is 0 Å². The van der Waals surface area contributed by atoms with E-state index < -0.39 is 24.1 Å². The van der Waals surface area contributed by atoms with Crippen LogP contribution in [0.1, 0.15) is 162 Å². The molecule has 0 bridgehead atoms. The summed E-state index contributed by atoms with van der Waals surface area (Å²) in [5.41, 5.74) is 0. The lowest BCUT2D eigenvalue weighted by Crippen LogP contribution is -2.55. The third kappa shape index (κ3) is 36.4. The van der Waals surface area contributed by atoms with E-state index in [4.69, 9.17) is 14.2 Å². The number of aliphatic carboxylic acids is 1. The molecule has 0 N–H and O–H groups in total.